The normalized spacial score (nSPS) is 13.1. The number of thiophene rings is 1. The molecular formula is C19H26N4O2S. The van der Waals surface area contributed by atoms with Gasteiger partial charge in [-0.1, -0.05) is 32.0 Å². The number of hydrogen-bond donors (Lipinski definition) is 4. The molecule has 26 heavy (non-hydrogen) atoms. The molecule has 0 fully saturated rings. The van der Waals surface area contributed by atoms with Crippen molar-refractivity contribution < 1.29 is 9.59 Å². The summed E-state index contributed by atoms with van der Waals surface area (Å²) in [5, 5.41) is 9.09. The van der Waals surface area contributed by atoms with Crippen LogP contribution in [-0.4, -0.2) is 24.0 Å². The molecule has 1 unspecified atom stereocenters. The Bertz CT molecular complexity index is 745. The molecule has 7 heteroatoms. The van der Waals surface area contributed by atoms with Crippen molar-refractivity contribution in [3.63, 3.8) is 0 Å². The molecule has 1 atom stereocenters. The average Bonchev–Trinajstić information content (AvgIpc) is 3.03. The fraction of sp³-hybridized carbons (Fsp3) is 0.368. The largest absolute Gasteiger partial charge is 0.345 e. The van der Waals surface area contributed by atoms with Gasteiger partial charge in [0, 0.05) is 12.2 Å². The summed E-state index contributed by atoms with van der Waals surface area (Å²) in [5.41, 5.74) is 6.10. The lowest BCUT2D eigenvalue weighted by Crippen LogP contribution is -2.52. The number of anilines is 2. The van der Waals surface area contributed by atoms with E-state index in [1.165, 1.54) is 11.3 Å². The number of carbonyl (C=O) groups excluding carboxylic acids is 2. The second-order valence-corrected chi connectivity index (χ2v) is 8.01. The standard InChI is InChI=1S/C19H26N4O2S/c1-13(2)11-19(3,12-20)23-17(24)15-9-10-16(26-15)22-18(25)21-14-7-5-4-6-8-14/h4-10,13H,11-12,20H2,1-3H3,(H,23,24)(H2,21,22,25). The lowest BCUT2D eigenvalue weighted by molar-refractivity contribution is 0.0902. The molecule has 1 aromatic heterocycles. The van der Waals surface area contributed by atoms with E-state index in [1.54, 1.807) is 24.3 Å². The van der Waals surface area contributed by atoms with Gasteiger partial charge in [-0.2, -0.15) is 0 Å². The van der Waals surface area contributed by atoms with E-state index in [0.29, 0.717) is 28.0 Å². The zero-order chi connectivity index (χ0) is 19.2. The number of benzene rings is 1. The summed E-state index contributed by atoms with van der Waals surface area (Å²) in [6.07, 6.45) is 0.797. The van der Waals surface area contributed by atoms with Gasteiger partial charge in [-0.15, -0.1) is 11.3 Å². The molecular weight excluding hydrogens is 348 g/mol. The highest BCUT2D eigenvalue weighted by Crippen LogP contribution is 2.24. The number of nitrogens with two attached hydrogens (primary N) is 1. The van der Waals surface area contributed by atoms with Crippen molar-refractivity contribution in [3.8, 4) is 0 Å². The van der Waals surface area contributed by atoms with Gasteiger partial charge in [0.1, 0.15) is 0 Å². The summed E-state index contributed by atoms with van der Waals surface area (Å²) < 4.78 is 0. The van der Waals surface area contributed by atoms with Gasteiger partial charge in [-0.05, 0) is 43.5 Å². The third-order valence-electron chi connectivity index (χ3n) is 3.82. The third kappa shape index (κ3) is 5.86. The lowest BCUT2D eigenvalue weighted by atomic mass is 9.90. The highest BCUT2D eigenvalue weighted by Gasteiger charge is 2.27. The smallest absolute Gasteiger partial charge is 0.324 e. The van der Waals surface area contributed by atoms with Crippen LogP contribution in [0.5, 0.6) is 0 Å². The Kier molecular flexibility index (Phi) is 6.76. The van der Waals surface area contributed by atoms with E-state index in [0.717, 1.165) is 6.42 Å². The molecule has 0 aliphatic rings. The molecule has 3 amide bonds. The van der Waals surface area contributed by atoms with Crippen molar-refractivity contribution in [2.24, 2.45) is 11.7 Å². The van der Waals surface area contributed by atoms with Gasteiger partial charge in [0.15, 0.2) is 0 Å². The van der Waals surface area contributed by atoms with E-state index in [9.17, 15) is 9.59 Å². The Morgan fingerprint density at radius 3 is 2.42 bits per heavy atom. The Balaban J connectivity index is 1.95. The van der Waals surface area contributed by atoms with Crippen LogP contribution in [0, 0.1) is 5.92 Å². The Morgan fingerprint density at radius 2 is 1.81 bits per heavy atom. The van der Waals surface area contributed by atoms with Gasteiger partial charge in [0.2, 0.25) is 0 Å². The second kappa shape index (κ2) is 8.82. The molecule has 0 spiro atoms. The highest BCUT2D eigenvalue weighted by molar-refractivity contribution is 7.18. The Hall–Kier alpha value is -2.38. The average molecular weight is 375 g/mol. The van der Waals surface area contributed by atoms with Crippen molar-refractivity contribution in [1.82, 2.24) is 5.32 Å². The summed E-state index contributed by atoms with van der Waals surface area (Å²) in [6.45, 7) is 6.51. The van der Waals surface area contributed by atoms with Crippen LogP contribution < -0.4 is 21.7 Å². The topological polar surface area (TPSA) is 96.2 Å². The van der Waals surface area contributed by atoms with E-state index >= 15 is 0 Å². The van der Waals surface area contributed by atoms with Gasteiger partial charge < -0.3 is 16.4 Å². The molecule has 140 valence electrons. The van der Waals surface area contributed by atoms with Crippen molar-refractivity contribution in [2.45, 2.75) is 32.7 Å². The first kappa shape index (κ1) is 19.9. The van der Waals surface area contributed by atoms with E-state index in [2.05, 4.69) is 29.8 Å². The summed E-state index contributed by atoms with van der Waals surface area (Å²) in [7, 11) is 0. The molecule has 0 aliphatic heterocycles. The number of rotatable bonds is 7. The summed E-state index contributed by atoms with van der Waals surface area (Å²) >= 11 is 1.23. The molecule has 0 radical (unpaired) electrons. The van der Waals surface area contributed by atoms with Crippen LogP contribution in [0.3, 0.4) is 0 Å². The quantitative estimate of drug-likeness (QED) is 0.592. The maximum atomic E-state index is 12.5. The fourth-order valence-electron chi connectivity index (χ4n) is 2.74. The first-order valence-corrected chi connectivity index (χ1v) is 9.38. The molecule has 1 aromatic carbocycles. The first-order valence-electron chi connectivity index (χ1n) is 8.57. The summed E-state index contributed by atoms with van der Waals surface area (Å²) in [5.74, 6) is 0.242. The summed E-state index contributed by atoms with van der Waals surface area (Å²) in [4.78, 5) is 25.1. The van der Waals surface area contributed by atoms with Crippen molar-refractivity contribution in [1.29, 1.82) is 0 Å². The van der Waals surface area contributed by atoms with Crippen LogP contribution in [0.25, 0.3) is 0 Å². The van der Waals surface area contributed by atoms with Crippen LogP contribution >= 0.6 is 11.3 Å². The number of hydrogen-bond acceptors (Lipinski definition) is 4. The highest BCUT2D eigenvalue weighted by atomic mass is 32.1. The van der Waals surface area contributed by atoms with E-state index in [-0.39, 0.29) is 11.9 Å². The Morgan fingerprint density at radius 1 is 1.12 bits per heavy atom. The monoisotopic (exact) mass is 374 g/mol. The molecule has 2 rings (SSSR count). The van der Waals surface area contributed by atoms with Crippen LogP contribution in [-0.2, 0) is 0 Å². The predicted octanol–water partition coefficient (Wildman–Crippen LogP) is 3.89. The van der Waals surface area contributed by atoms with Gasteiger partial charge in [0.05, 0.1) is 15.4 Å². The molecule has 5 N–H and O–H groups in total. The Labute approximate surface area is 158 Å². The first-order chi connectivity index (χ1) is 12.3. The molecule has 0 aliphatic carbocycles. The number of amides is 3. The zero-order valence-corrected chi connectivity index (χ0v) is 16.2. The molecule has 0 saturated heterocycles. The van der Waals surface area contributed by atoms with Crippen LogP contribution in [0.1, 0.15) is 36.9 Å². The van der Waals surface area contributed by atoms with E-state index in [1.807, 2.05) is 25.1 Å². The number of carbonyl (C=O) groups is 2. The van der Waals surface area contributed by atoms with Gasteiger partial charge in [-0.25, -0.2) is 4.79 Å². The molecule has 0 saturated carbocycles. The minimum atomic E-state index is -0.451. The fourth-order valence-corrected chi connectivity index (χ4v) is 3.54. The molecule has 6 nitrogen and oxygen atoms in total. The zero-order valence-electron chi connectivity index (χ0n) is 15.3. The molecule has 0 bridgehead atoms. The number of para-hydroxylation sites is 1. The summed E-state index contributed by atoms with van der Waals surface area (Å²) in [6, 6.07) is 12.2. The van der Waals surface area contributed by atoms with Gasteiger partial charge >= 0.3 is 6.03 Å². The second-order valence-electron chi connectivity index (χ2n) is 6.93. The van der Waals surface area contributed by atoms with Crippen LogP contribution in [0.2, 0.25) is 0 Å². The molecule has 1 heterocycles. The van der Waals surface area contributed by atoms with E-state index in [4.69, 9.17) is 5.73 Å². The number of nitrogens with one attached hydrogen (secondary N) is 3. The number of urea groups is 1. The minimum absolute atomic E-state index is 0.180. The maximum absolute atomic E-state index is 12.5. The predicted molar refractivity (Wildman–Crippen MR) is 108 cm³/mol. The van der Waals surface area contributed by atoms with E-state index < -0.39 is 5.54 Å². The third-order valence-corrected chi connectivity index (χ3v) is 4.82. The SMILES string of the molecule is CC(C)CC(C)(CN)NC(=O)c1ccc(NC(=O)Nc2ccccc2)s1. The van der Waals surface area contributed by atoms with Crippen molar-refractivity contribution in [3.05, 3.63) is 47.3 Å². The van der Waals surface area contributed by atoms with Gasteiger partial charge in [-0.3, -0.25) is 10.1 Å². The van der Waals surface area contributed by atoms with Crippen molar-refractivity contribution in [2.75, 3.05) is 17.2 Å². The van der Waals surface area contributed by atoms with Gasteiger partial charge in [0.25, 0.3) is 5.91 Å². The van der Waals surface area contributed by atoms with Crippen molar-refractivity contribution >= 4 is 34.0 Å². The molecule has 2 aromatic rings. The minimum Gasteiger partial charge on any atom is -0.345 e. The van der Waals surface area contributed by atoms with Crippen LogP contribution in [0.15, 0.2) is 42.5 Å². The maximum Gasteiger partial charge on any atom is 0.324 e. The van der Waals surface area contributed by atoms with Crippen LogP contribution in [0.4, 0.5) is 15.5 Å². The lowest BCUT2D eigenvalue weighted by Gasteiger charge is -2.31.